The summed E-state index contributed by atoms with van der Waals surface area (Å²) in [5.41, 5.74) is 1.23. The van der Waals surface area contributed by atoms with Crippen LogP contribution in [0.15, 0.2) is 22.7 Å². The van der Waals surface area contributed by atoms with Crippen LogP contribution in [0.1, 0.15) is 30.9 Å². The highest BCUT2D eigenvalue weighted by molar-refractivity contribution is 9.10. The third kappa shape index (κ3) is 1.74. The molecule has 1 nitrogen and oxygen atoms in total. The highest BCUT2D eigenvalue weighted by atomic mass is 79.9. The monoisotopic (exact) mass is 323 g/mol. The molecule has 5 unspecified atom stereocenters. The van der Waals surface area contributed by atoms with Crippen molar-refractivity contribution in [2.45, 2.75) is 25.3 Å². The van der Waals surface area contributed by atoms with Gasteiger partial charge in [0.2, 0.25) is 0 Å². The number of fused-ring (bicyclic) bond motifs is 5. The predicted molar refractivity (Wildman–Crippen MR) is 77.2 cm³/mol. The molecule has 3 aliphatic carbocycles. The average molecular weight is 324 g/mol. The first-order valence-electron chi connectivity index (χ1n) is 7.33. The Kier molecular flexibility index (Phi) is 2.79. The quantitative estimate of drug-likeness (QED) is 0.881. The Morgan fingerprint density at radius 2 is 1.95 bits per heavy atom. The third-order valence-electron chi connectivity index (χ3n) is 5.79. The maximum Gasteiger partial charge on any atom is 0.137 e. The molecular weight excluding hydrogens is 305 g/mol. The molecule has 0 aliphatic heterocycles. The minimum atomic E-state index is -0.172. The van der Waals surface area contributed by atoms with E-state index in [-0.39, 0.29) is 5.82 Å². The van der Waals surface area contributed by atoms with E-state index in [1.54, 1.807) is 6.07 Å². The maximum atomic E-state index is 13.4. The van der Waals surface area contributed by atoms with Gasteiger partial charge in [-0.1, -0.05) is 6.07 Å². The molecule has 0 aromatic heterocycles. The fraction of sp³-hybridized carbons (Fsp3) is 0.625. The molecule has 3 aliphatic rings. The van der Waals surface area contributed by atoms with Crippen LogP contribution in [-0.2, 0) is 0 Å². The van der Waals surface area contributed by atoms with Crippen molar-refractivity contribution in [3.8, 4) is 0 Å². The molecule has 0 radical (unpaired) electrons. The highest BCUT2D eigenvalue weighted by Gasteiger charge is 2.66. The number of rotatable bonds is 3. The molecule has 1 aromatic rings. The SMILES string of the molecule is CNC(c1ccc(F)c(Br)c1)C1C2C3CCC(C3)C21. The predicted octanol–water partition coefficient (Wildman–Crippen LogP) is 4.14. The van der Waals surface area contributed by atoms with Gasteiger partial charge in [-0.2, -0.15) is 0 Å². The van der Waals surface area contributed by atoms with Crippen LogP contribution < -0.4 is 5.32 Å². The summed E-state index contributed by atoms with van der Waals surface area (Å²) in [7, 11) is 2.04. The summed E-state index contributed by atoms with van der Waals surface area (Å²) in [6, 6.07) is 5.87. The summed E-state index contributed by atoms with van der Waals surface area (Å²) in [6.45, 7) is 0. The van der Waals surface area contributed by atoms with E-state index in [9.17, 15) is 4.39 Å². The molecule has 3 saturated carbocycles. The Balaban J connectivity index is 1.61. The van der Waals surface area contributed by atoms with Gasteiger partial charge in [-0.15, -0.1) is 0 Å². The van der Waals surface area contributed by atoms with Gasteiger partial charge in [-0.3, -0.25) is 0 Å². The number of hydrogen-bond donors (Lipinski definition) is 1. The average Bonchev–Trinajstić information content (AvgIpc) is 2.82. The zero-order chi connectivity index (χ0) is 13.1. The zero-order valence-electron chi connectivity index (χ0n) is 11.1. The maximum absolute atomic E-state index is 13.4. The van der Waals surface area contributed by atoms with E-state index >= 15 is 0 Å². The van der Waals surface area contributed by atoms with Crippen molar-refractivity contribution in [2.75, 3.05) is 7.05 Å². The summed E-state index contributed by atoms with van der Waals surface area (Å²) in [5, 5.41) is 3.48. The Labute approximate surface area is 122 Å². The van der Waals surface area contributed by atoms with Gasteiger partial charge in [0.15, 0.2) is 0 Å². The number of hydrogen-bond acceptors (Lipinski definition) is 1. The van der Waals surface area contributed by atoms with E-state index < -0.39 is 0 Å². The lowest BCUT2D eigenvalue weighted by molar-refractivity contribution is 0.385. The Morgan fingerprint density at radius 3 is 2.53 bits per heavy atom. The van der Waals surface area contributed by atoms with Crippen molar-refractivity contribution in [3.05, 3.63) is 34.1 Å². The minimum absolute atomic E-state index is 0.172. The first-order chi connectivity index (χ1) is 9.20. The van der Waals surface area contributed by atoms with Gasteiger partial charge in [0.1, 0.15) is 5.82 Å². The van der Waals surface area contributed by atoms with Gasteiger partial charge in [-0.25, -0.2) is 4.39 Å². The van der Waals surface area contributed by atoms with Gasteiger partial charge in [0.05, 0.1) is 4.47 Å². The molecule has 0 heterocycles. The second kappa shape index (κ2) is 4.29. The lowest BCUT2D eigenvalue weighted by atomic mass is 9.93. The van der Waals surface area contributed by atoms with E-state index in [4.69, 9.17) is 0 Å². The molecule has 5 atom stereocenters. The highest BCUT2D eigenvalue weighted by Crippen LogP contribution is 2.72. The molecule has 4 rings (SSSR count). The van der Waals surface area contributed by atoms with E-state index in [2.05, 4.69) is 21.2 Å². The lowest BCUT2D eigenvalue weighted by Gasteiger charge is -2.21. The van der Waals surface area contributed by atoms with Crippen LogP contribution in [0.2, 0.25) is 0 Å². The van der Waals surface area contributed by atoms with Crippen LogP contribution in [0.5, 0.6) is 0 Å². The molecule has 1 aromatic carbocycles. The molecule has 19 heavy (non-hydrogen) atoms. The van der Waals surface area contributed by atoms with Gasteiger partial charge in [0, 0.05) is 6.04 Å². The van der Waals surface area contributed by atoms with Crippen LogP contribution >= 0.6 is 15.9 Å². The smallest absolute Gasteiger partial charge is 0.137 e. The molecule has 2 bridgehead atoms. The second-order valence-corrected chi connectivity index (χ2v) is 7.36. The van der Waals surface area contributed by atoms with Gasteiger partial charge in [0.25, 0.3) is 0 Å². The molecule has 0 saturated heterocycles. The fourth-order valence-corrected chi connectivity index (χ4v) is 5.52. The summed E-state index contributed by atoms with van der Waals surface area (Å²) >= 11 is 3.31. The van der Waals surface area contributed by atoms with Crippen molar-refractivity contribution in [2.24, 2.45) is 29.6 Å². The first-order valence-corrected chi connectivity index (χ1v) is 8.12. The fourth-order valence-electron chi connectivity index (χ4n) is 5.13. The Morgan fingerprint density at radius 1 is 1.26 bits per heavy atom. The van der Waals surface area contributed by atoms with Crippen molar-refractivity contribution >= 4 is 15.9 Å². The van der Waals surface area contributed by atoms with Crippen LogP contribution in [0, 0.1) is 35.4 Å². The van der Waals surface area contributed by atoms with Crippen LogP contribution in [0.4, 0.5) is 4.39 Å². The molecule has 1 N–H and O–H groups in total. The van der Waals surface area contributed by atoms with Crippen molar-refractivity contribution in [1.29, 1.82) is 0 Å². The normalized spacial score (nSPS) is 40.3. The van der Waals surface area contributed by atoms with E-state index in [1.165, 1.54) is 24.8 Å². The molecular formula is C16H19BrFN. The van der Waals surface area contributed by atoms with E-state index in [0.29, 0.717) is 10.5 Å². The summed E-state index contributed by atoms with van der Waals surface area (Å²) < 4.78 is 14.0. The third-order valence-corrected chi connectivity index (χ3v) is 6.40. The van der Waals surface area contributed by atoms with Crippen LogP contribution in [-0.4, -0.2) is 7.05 Å². The topological polar surface area (TPSA) is 12.0 Å². The minimum Gasteiger partial charge on any atom is -0.313 e. The molecule has 3 heteroatoms. The van der Waals surface area contributed by atoms with Gasteiger partial charge >= 0.3 is 0 Å². The number of halogens is 2. The summed E-state index contributed by atoms with van der Waals surface area (Å²) in [6.07, 6.45) is 4.38. The molecule has 0 amide bonds. The first kappa shape index (κ1) is 12.3. The largest absolute Gasteiger partial charge is 0.313 e. The second-order valence-electron chi connectivity index (χ2n) is 6.51. The number of nitrogens with one attached hydrogen (secondary N) is 1. The van der Waals surface area contributed by atoms with Crippen molar-refractivity contribution in [3.63, 3.8) is 0 Å². The van der Waals surface area contributed by atoms with Crippen molar-refractivity contribution in [1.82, 2.24) is 5.32 Å². The van der Waals surface area contributed by atoms with Crippen molar-refractivity contribution < 1.29 is 4.39 Å². The zero-order valence-corrected chi connectivity index (χ0v) is 12.7. The Bertz CT molecular complexity index is 501. The Hall–Kier alpha value is -0.410. The lowest BCUT2D eigenvalue weighted by Crippen LogP contribution is -2.22. The summed E-state index contributed by atoms with van der Waals surface area (Å²) in [5.74, 6) is 4.47. The van der Waals surface area contributed by atoms with E-state index in [0.717, 1.165) is 29.6 Å². The molecule has 0 spiro atoms. The van der Waals surface area contributed by atoms with Crippen LogP contribution in [0.3, 0.4) is 0 Å². The van der Waals surface area contributed by atoms with Gasteiger partial charge < -0.3 is 5.32 Å². The summed E-state index contributed by atoms with van der Waals surface area (Å²) in [4.78, 5) is 0. The van der Waals surface area contributed by atoms with Crippen LogP contribution in [0.25, 0.3) is 0 Å². The standard InChI is InChI=1S/C16H19BrFN/c1-19-16(10-4-5-12(18)11(17)7-10)15-13-8-2-3-9(6-8)14(13)15/h4-5,7-9,13-16,19H,2-3,6H2,1H3. The van der Waals surface area contributed by atoms with Gasteiger partial charge in [-0.05, 0) is 89.5 Å². The van der Waals surface area contributed by atoms with E-state index in [1.807, 2.05) is 19.2 Å². The molecule has 3 fully saturated rings. The number of benzene rings is 1. The molecule has 102 valence electrons.